The van der Waals surface area contributed by atoms with Gasteiger partial charge in [-0.25, -0.2) is 0 Å². The number of fused-ring (bicyclic) bond motifs is 2. The van der Waals surface area contributed by atoms with E-state index in [9.17, 15) is 4.79 Å². The van der Waals surface area contributed by atoms with Gasteiger partial charge >= 0.3 is 0 Å². The van der Waals surface area contributed by atoms with E-state index in [1.54, 1.807) is 0 Å². The van der Waals surface area contributed by atoms with Gasteiger partial charge in [-0.05, 0) is 61.1 Å². The molecule has 0 unspecified atom stereocenters. The van der Waals surface area contributed by atoms with Gasteiger partial charge in [-0.2, -0.15) is 0 Å². The summed E-state index contributed by atoms with van der Waals surface area (Å²) in [4.78, 5) is 14.8. The average Bonchev–Trinajstić information content (AvgIpc) is 2.69. The van der Waals surface area contributed by atoms with E-state index in [-0.39, 0.29) is 17.9 Å². The molecule has 2 atom stereocenters. The molecule has 1 aromatic carbocycles. The van der Waals surface area contributed by atoms with Gasteiger partial charge in [0.25, 0.3) is 5.91 Å². The maximum atomic E-state index is 12.7. The summed E-state index contributed by atoms with van der Waals surface area (Å²) >= 11 is 0. The number of carbonyl (C=O) groups is 1. The van der Waals surface area contributed by atoms with Crippen molar-refractivity contribution in [3.8, 4) is 5.75 Å². The summed E-state index contributed by atoms with van der Waals surface area (Å²) in [6.07, 6.45) is 3.46. The smallest absolute Gasteiger partial charge is 0.260 e. The minimum absolute atomic E-state index is 0.136. The number of carbonyl (C=O) groups excluding carboxylic acids is 1. The number of hydrogen-bond donors (Lipinski definition) is 0. The zero-order valence-electron chi connectivity index (χ0n) is 15.1. The highest BCUT2D eigenvalue weighted by molar-refractivity contribution is 5.78. The van der Waals surface area contributed by atoms with Crippen molar-refractivity contribution >= 4 is 5.91 Å². The van der Waals surface area contributed by atoms with Crippen molar-refractivity contribution in [1.29, 1.82) is 0 Å². The molecular weight excluding hydrogens is 286 g/mol. The second-order valence-electron chi connectivity index (χ2n) is 8.72. The van der Waals surface area contributed by atoms with Crippen LogP contribution in [0.4, 0.5) is 0 Å². The van der Waals surface area contributed by atoms with E-state index in [2.05, 4.69) is 38.7 Å². The fourth-order valence-corrected chi connectivity index (χ4v) is 4.85. The summed E-state index contributed by atoms with van der Waals surface area (Å²) in [5.74, 6) is 0.962. The van der Waals surface area contributed by atoms with Crippen LogP contribution in [0.5, 0.6) is 5.75 Å². The lowest BCUT2D eigenvalue weighted by molar-refractivity contribution is -0.134. The van der Waals surface area contributed by atoms with Crippen molar-refractivity contribution < 1.29 is 9.53 Å². The zero-order valence-corrected chi connectivity index (χ0v) is 15.1. The lowest BCUT2D eigenvalue weighted by atomic mass is 9.65. The van der Waals surface area contributed by atoms with Crippen LogP contribution < -0.4 is 4.74 Å². The number of benzene rings is 1. The predicted molar refractivity (Wildman–Crippen MR) is 92.7 cm³/mol. The number of amides is 1. The van der Waals surface area contributed by atoms with E-state index >= 15 is 0 Å². The minimum Gasteiger partial charge on any atom is -0.483 e. The Bertz CT molecular complexity index is 622. The molecule has 1 saturated carbocycles. The average molecular weight is 315 g/mol. The largest absolute Gasteiger partial charge is 0.483 e. The molecule has 1 saturated heterocycles. The van der Waals surface area contributed by atoms with E-state index in [0.717, 1.165) is 30.7 Å². The molecule has 23 heavy (non-hydrogen) atoms. The van der Waals surface area contributed by atoms with E-state index < -0.39 is 0 Å². The molecule has 2 aliphatic rings. The molecule has 1 aliphatic carbocycles. The number of aryl methyl sites for hydroxylation is 1. The van der Waals surface area contributed by atoms with Gasteiger partial charge in [0, 0.05) is 12.6 Å². The van der Waals surface area contributed by atoms with Gasteiger partial charge < -0.3 is 9.64 Å². The first-order chi connectivity index (χ1) is 10.7. The van der Waals surface area contributed by atoms with Gasteiger partial charge in [0.1, 0.15) is 5.75 Å². The molecule has 1 heterocycles. The highest BCUT2D eigenvalue weighted by Crippen LogP contribution is 2.52. The maximum Gasteiger partial charge on any atom is 0.260 e. The normalized spacial score (nSPS) is 28.7. The Morgan fingerprint density at radius 1 is 1.26 bits per heavy atom. The third kappa shape index (κ3) is 3.24. The molecule has 2 bridgehead atoms. The van der Waals surface area contributed by atoms with Gasteiger partial charge in [0.2, 0.25) is 0 Å². The van der Waals surface area contributed by atoms with Crippen molar-refractivity contribution in [2.45, 2.75) is 59.9 Å². The Labute approximate surface area is 140 Å². The van der Waals surface area contributed by atoms with Gasteiger partial charge in [0.15, 0.2) is 6.61 Å². The Morgan fingerprint density at radius 3 is 2.74 bits per heavy atom. The van der Waals surface area contributed by atoms with Crippen LogP contribution in [0.2, 0.25) is 0 Å². The molecule has 3 rings (SSSR count). The molecule has 0 N–H and O–H groups in total. The third-order valence-electron chi connectivity index (χ3n) is 5.64. The van der Waals surface area contributed by atoms with Crippen molar-refractivity contribution in [3.05, 3.63) is 29.3 Å². The standard InChI is InChI=1S/C20H29NO2/c1-14-7-6-8-17(15(14)2)23-11-18(22)21-13-20(5)10-16(21)9-19(3,4)12-20/h6-8,16H,9-13H2,1-5H3/t16-,20-/m0/s1. The van der Waals surface area contributed by atoms with Crippen molar-refractivity contribution in [3.63, 3.8) is 0 Å². The molecule has 0 aromatic heterocycles. The Morgan fingerprint density at radius 2 is 2.00 bits per heavy atom. The predicted octanol–water partition coefficient (Wildman–Crippen LogP) is 4.11. The topological polar surface area (TPSA) is 29.5 Å². The van der Waals surface area contributed by atoms with Crippen LogP contribution >= 0.6 is 0 Å². The minimum atomic E-state index is 0.136. The summed E-state index contributed by atoms with van der Waals surface area (Å²) in [6, 6.07) is 6.38. The van der Waals surface area contributed by atoms with Crippen LogP contribution in [0.1, 0.15) is 51.2 Å². The van der Waals surface area contributed by atoms with Gasteiger partial charge in [0.05, 0.1) is 0 Å². The van der Waals surface area contributed by atoms with E-state index in [1.165, 1.54) is 12.0 Å². The van der Waals surface area contributed by atoms with Crippen LogP contribution in [0.25, 0.3) is 0 Å². The van der Waals surface area contributed by atoms with Crippen LogP contribution in [0.3, 0.4) is 0 Å². The molecule has 0 spiro atoms. The number of hydrogen-bond acceptors (Lipinski definition) is 2. The van der Waals surface area contributed by atoms with Crippen molar-refractivity contribution in [2.75, 3.05) is 13.2 Å². The first-order valence-electron chi connectivity index (χ1n) is 8.68. The SMILES string of the molecule is Cc1cccc(OCC(=O)N2C[C@@]3(C)C[C@@H]2CC(C)(C)C3)c1C. The number of rotatable bonds is 3. The van der Waals surface area contributed by atoms with E-state index in [1.807, 2.05) is 19.1 Å². The number of likely N-dealkylation sites (tertiary alicyclic amines) is 1. The first-order valence-corrected chi connectivity index (χ1v) is 8.68. The summed E-state index contributed by atoms with van der Waals surface area (Å²) in [5, 5.41) is 0. The van der Waals surface area contributed by atoms with Crippen LogP contribution in [0, 0.1) is 24.7 Å². The Hall–Kier alpha value is -1.51. The molecule has 3 nitrogen and oxygen atoms in total. The fraction of sp³-hybridized carbons (Fsp3) is 0.650. The highest BCUT2D eigenvalue weighted by atomic mass is 16.5. The second-order valence-corrected chi connectivity index (χ2v) is 8.72. The van der Waals surface area contributed by atoms with E-state index in [4.69, 9.17) is 4.74 Å². The van der Waals surface area contributed by atoms with Crippen LogP contribution in [-0.4, -0.2) is 30.0 Å². The lowest BCUT2D eigenvalue weighted by Gasteiger charge is -2.39. The highest BCUT2D eigenvalue weighted by Gasteiger charge is 2.50. The van der Waals surface area contributed by atoms with Gasteiger partial charge in [-0.1, -0.05) is 32.9 Å². The first kappa shape index (κ1) is 16.4. The summed E-state index contributed by atoms with van der Waals surface area (Å²) in [7, 11) is 0. The Balaban J connectivity index is 1.67. The molecule has 3 heteroatoms. The molecule has 1 amide bonds. The van der Waals surface area contributed by atoms with Crippen molar-refractivity contribution in [1.82, 2.24) is 4.90 Å². The van der Waals surface area contributed by atoms with Gasteiger partial charge in [-0.15, -0.1) is 0 Å². The van der Waals surface area contributed by atoms with Gasteiger partial charge in [-0.3, -0.25) is 4.79 Å². The summed E-state index contributed by atoms with van der Waals surface area (Å²) < 4.78 is 5.83. The van der Waals surface area contributed by atoms with E-state index in [0.29, 0.717) is 11.5 Å². The molecule has 0 radical (unpaired) electrons. The molecule has 1 aromatic rings. The summed E-state index contributed by atoms with van der Waals surface area (Å²) in [5.41, 5.74) is 2.93. The number of ether oxygens (including phenoxy) is 1. The quantitative estimate of drug-likeness (QED) is 0.840. The zero-order chi connectivity index (χ0) is 16.8. The molecular formula is C20H29NO2. The molecule has 1 aliphatic heterocycles. The third-order valence-corrected chi connectivity index (χ3v) is 5.64. The van der Waals surface area contributed by atoms with Crippen LogP contribution in [0.15, 0.2) is 18.2 Å². The monoisotopic (exact) mass is 315 g/mol. The van der Waals surface area contributed by atoms with Crippen molar-refractivity contribution in [2.24, 2.45) is 10.8 Å². The molecule has 2 fully saturated rings. The maximum absolute atomic E-state index is 12.7. The summed E-state index contributed by atoms with van der Waals surface area (Å²) in [6.45, 7) is 12.1. The number of nitrogens with zero attached hydrogens (tertiary/aromatic N) is 1. The Kier molecular flexibility index (Phi) is 3.94. The lowest BCUT2D eigenvalue weighted by Crippen LogP contribution is -2.40. The molecule has 126 valence electrons. The van der Waals surface area contributed by atoms with Crippen LogP contribution in [-0.2, 0) is 4.79 Å². The second kappa shape index (κ2) is 5.54. The fourth-order valence-electron chi connectivity index (χ4n) is 4.85.